The summed E-state index contributed by atoms with van der Waals surface area (Å²) in [7, 11) is 0. The first-order chi connectivity index (χ1) is 13.2. The van der Waals surface area contributed by atoms with Crippen molar-refractivity contribution in [2.75, 3.05) is 0 Å². The first-order valence-electron chi connectivity index (χ1n) is 10.00. The van der Waals surface area contributed by atoms with Gasteiger partial charge in [0.1, 0.15) is 0 Å². The molecule has 1 heterocycles. The molecule has 1 N–H and O–H groups in total. The van der Waals surface area contributed by atoms with Gasteiger partial charge in [0.2, 0.25) is 5.88 Å². The Kier molecular flexibility index (Phi) is 4.69. The van der Waals surface area contributed by atoms with Gasteiger partial charge in [-0.2, -0.15) is 0 Å². The van der Waals surface area contributed by atoms with Crippen LogP contribution in [0.15, 0.2) is 39.9 Å². The van der Waals surface area contributed by atoms with E-state index in [0.29, 0.717) is 29.8 Å². The van der Waals surface area contributed by atoms with Crippen LogP contribution in [-0.4, -0.2) is 14.2 Å². The van der Waals surface area contributed by atoms with Crippen molar-refractivity contribution in [3.8, 4) is 5.88 Å². The Morgan fingerprint density at radius 2 is 1.96 bits per heavy atom. The van der Waals surface area contributed by atoms with Gasteiger partial charge in [-0.1, -0.05) is 44.5 Å². The Balaban J connectivity index is 1.65. The van der Waals surface area contributed by atoms with Gasteiger partial charge in [-0.15, -0.1) is 0 Å². The molecule has 5 nitrogen and oxygen atoms in total. The molecule has 0 radical (unpaired) electrons. The molecule has 1 aromatic heterocycles. The van der Waals surface area contributed by atoms with Crippen LogP contribution in [0.5, 0.6) is 5.88 Å². The van der Waals surface area contributed by atoms with Crippen molar-refractivity contribution in [2.24, 2.45) is 23.2 Å². The molecule has 4 atom stereocenters. The normalized spacial score (nSPS) is 28.0. The molecule has 6 heteroatoms. The van der Waals surface area contributed by atoms with Gasteiger partial charge in [-0.25, -0.2) is 4.79 Å². The fraction of sp³-hybridized carbons (Fsp3) is 0.545. The van der Waals surface area contributed by atoms with Crippen molar-refractivity contribution in [3.05, 3.63) is 61.8 Å². The second kappa shape index (κ2) is 6.80. The van der Waals surface area contributed by atoms with Crippen molar-refractivity contribution in [1.82, 2.24) is 9.13 Å². The number of benzene rings is 1. The van der Waals surface area contributed by atoms with Crippen molar-refractivity contribution in [3.63, 3.8) is 0 Å². The lowest BCUT2D eigenvalue weighted by molar-refractivity contribution is -0.125. The molecule has 150 valence electrons. The molecule has 2 aromatic rings. The summed E-state index contributed by atoms with van der Waals surface area (Å²) in [6.45, 7) is 7.04. The molecule has 28 heavy (non-hydrogen) atoms. The molecule has 0 amide bonds. The summed E-state index contributed by atoms with van der Waals surface area (Å²) in [5.41, 5.74) is 0.438. The standard InChI is InChI=1S/C22H27ClN2O3/c1-13-17-10-15(22(17,2)3)11-18(13)25-20(27)12-19(26)24(21(25)28)8-7-14-5-4-6-16(23)9-14/h4-6,9,12-13,15,17-18,26H,7-8,10-11H2,1-3H3/t13-,15+,17-,18-/m1/s1. The molecular weight excluding hydrogens is 376 g/mol. The first-order valence-corrected chi connectivity index (χ1v) is 10.4. The quantitative estimate of drug-likeness (QED) is 0.844. The molecule has 0 aliphatic heterocycles. The first kappa shape index (κ1) is 19.3. The number of aromatic nitrogens is 2. The topological polar surface area (TPSA) is 64.2 Å². The summed E-state index contributed by atoms with van der Waals surface area (Å²) < 4.78 is 2.69. The molecule has 3 saturated carbocycles. The van der Waals surface area contributed by atoms with Gasteiger partial charge in [0.05, 0.1) is 6.07 Å². The minimum atomic E-state index is -0.414. The number of fused-ring (bicyclic) bond motifs is 2. The number of aromatic hydroxyl groups is 1. The smallest absolute Gasteiger partial charge is 0.334 e. The number of nitrogens with zero attached hydrogens (tertiary/aromatic N) is 2. The van der Waals surface area contributed by atoms with E-state index in [1.54, 1.807) is 6.07 Å². The molecule has 3 aliphatic rings. The minimum absolute atomic E-state index is 0.102. The highest BCUT2D eigenvalue weighted by Gasteiger charge is 2.57. The van der Waals surface area contributed by atoms with Crippen LogP contribution in [0, 0.1) is 23.2 Å². The third-order valence-corrected chi connectivity index (χ3v) is 7.60. The fourth-order valence-electron chi connectivity index (χ4n) is 5.49. The molecule has 1 aromatic carbocycles. The lowest BCUT2D eigenvalue weighted by Gasteiger charge is -2.62. The Morgan fingerprint density at radius 3 is 2.61 bits per heavy atom. The molecule has 2 bridgehead atoms. The largest absolute Gasteiger partial charge is 0.494 e. The maximum Gasteiger partial charge on any atom is 0.334 e. The summed E-state index contributed by atoms with van der Waals surface area (Å²) in [6.07, 6.45) is 2.57. The van der Waals surface area contributed by atoms with Crippen LogP contribution >= 0.6 is 11.6 Å². The van der Waals surface area contributed by atoms with Gasteiger partial charge in [-0.05, 0) is 60.1 Å². The monoisotopic (exact) mass is 402 g/mol. The third kappa shape index (κ3) is 3.00. The van der Waals surface area contributed by atoms with Crippen LogP contribution < -0.4 is 11.2 Å². The summed E-state index contributed by atoms with van der Waals surface area (Å²) in [6, 6.07) is 8.51. The number of hydrogen-bond donors (Lipinski definition) is 1. The molecule has 0 saturated heterocycles. The number of aryl methyl sites for hydroxylation is 1. The zero-order valence-electron chi connectivity index (χ0n) is 16.6. The van der Waals surface area contributed by atoms with Gasteiger partial charge in [-0.3, -0.25) is 13.9 Å². The maximum absolute atomic E-state index is 13.2. The van der Waals surface area contributed by atoms with E-state index in [0.717, 1.165) is 12.0 Å². The number of halogens is 1. The maximum atomic E-state index is 13.2. The average Bonchev–Trinajstić information content (AvgIpc) is 2.62. The predicted octanol–water partition coefficient (Wildman–Crippen LogP) is 3.85. The number of rotatable bonds is 4. The molecular formula is C22H27ClN2O3. The van der Waals surface area contributed by atoms with Gasteiger partial charge in [0, 0.05) is 17.6 Å². The Bertz CT molecular complexity index is 1020. The molecule has 5 rings (SSSR count). The van der Waals surface area contributed by atoms with Gasteiger partial charge >= 0.3 is 5.69 Å². The fourth-order valence-corrected chi connectivity index (χ4v) is 5.71. The third-order valence-electron chi connectivity index (χ3n) is 7.36. The predicted molar refractivity (Wildman–Crippen MR) is 110 cm³/mol. The van der Waals surface area contributed by atoms with E-state index in [9.17, 15) is 14.7 Å². The molecule has 0 spiro atoms. The van der Waals surface area contributed by atoms with Crippen molar-refractivity contribution in [1.29, 1.82) is 0 Å². The minimum Gasteiger partial charge on any atom is -0.494 e. The lowest BCUT2D eigenvalue weighted by Crippen LogP contribution is -2.58. The van der Waals surface area contributed by atoms with E-state index >= 15 is 0 Å². The van der Waals surface area contributed by atoms with E-state index in [1.165, 1.54) is 21.6 Å². The van der Waals surface area contributed by atoms with Gasteiger partial charge in [0.15, 0.2) is 0 Å². The highest BCUT2D eigenvalue weighted by molar-refractivity contribution is 6.30. The Hall–Kier alpha value is -2.01. The van der Waals surface area contributed by atoms with Crippen LogP contribution in [0.25, 0.3) is 0 Å². The Morgan fingerprint density at radius 1 is 1.21 bits per heavy atom. The highest BCUT2D eigenvalue weighted by Crippen LogP contribution is 2.63. The van der Waals surface area contributed by atoms with E-state index in [2.05, 4.69) is 20.8 Å². The van der Waals surface area contributed by atoms with E-state index in [-0.39, 0.29) is 23.3 Å². The van der Waals surface area contributed by atoms with Crippen molar-refractivity contribution in [2.45, 2.75) is 52.6 Å². The van der Waals surface area contributed by atoms with E-state index in [4.69, 9.17) is 11.6 Å². The average molecular weight is 403 g/mol. The zero-order valence-corrected chi connectivity index (χ0v) is 17.3. The van der Waals surface area contributed by atoms with Crippen LogP contribution in [0.4, 0.5) is 0 Å². The summed E-state index contributed by atoms with van der Waals surface area (Å²) in [5.74, 6) is 1.05. The molecule has 0 unspecified atom stereocenters. The van der Waals surface area contributed by atoms with Crippen LogP contribution in [0.1, 0.15) is 45.2 Å². The summed E-state index contributed by atoms with van der Waals surface area (Å²) in [5, 5.41) is 10.9. The second-order valence-corrected chi connectivity index (χ2v) is 9.48. The van der Waals surface area contributed by atoms with Crippen LogP contribution in [0.2, 0.25) is 5.02 Å². The van der Waals surface area contributed by atoms with Gasteiger partial charge in [0.25, 0.3) is 5.56 Å². The van der Waals surface area contributed by atoms with Crippen molar-refractivity contribution >= 4 is 11.6 Å². The van der Waals surface area contributed by atoms with Crippen molar-refractivity contribution < 1.29 is 5.11 Å². The Labute approximate surface area is 169 Å². The van der Waals surface area contributed by atoms with Gasteiger partial charge < -0.3 is 5.11 Å². The SMILES string of the molecule is C[C@H]1[C@H](n2c(=O)cc(O)n(CCc3cccc(Cl)c3)c2=O)C[C@@H]2C[C@H]1C2(C)C. The number of hydrogen-bond acceptors (Lipinski definition) is 3. The molecule has 3 aliphatic carbocycles. The van der Waals surface area contributed by atoms with Crippen LogP contribution in [0.3, 0.4) is 0 Å². The van der Waals surface area contributed by atoms with Crippen LogP contribution in [-0.2, 0) is 13.0 Å². The van der Waals surface area contributed by atoms with E-state index in [1.807, 2.05) is 18.2 Å². The summed E-state index contributed by atoms with van der Waals surface area (Å²) in [4.78, 5) is 25.8. The molecule has 3 fully saturated rings. The second-order valence-electron chi connectivity index (χ2n) is 9.05. The van der Waals surface area contributed by atoms with E-state index < -0.39 is 11.2 Å². The lowest BCUT2D eigenvalue weighted by atomic mass is 9.44. The summed E-state index contributed by atoms with van der Waals surface area (Å²) >= 11 is 6.03. The highest BCUT2D eigenvalue weighted by atomic mass is 35.5. The zero-order chi connectivity index (χ0) is 20.2.